The fourth-order valence-electron chi connectivity index (χ4n) is 4.34. The second-order valence-corrected chi connectivity index (χ2v) is 8.97. The first-order valence-electron chi connectivity index (χ1n) is 10.8. The molecule has 5 heteroatoms. The zero-order valence-electron chi connectivity index (χ0n) is 18.2. The Hall–Kier alpha value is -1.65. The molecule has 0 aromatic heterocycles. The highest BCUT2D eigenvalue weighted by Gasteiger charge is 2.27. The number of carbonyl (C=O) groups excluding carboxylic acids is 1. The molecule has 28 heavy (non-hydrogen) atoms. The average Bonchev–Trinajstić information content (AvgIpc) is 3.11. The Morgan fingerprint density at radius 1 is 1.04 bits per heavy atom. The van der Waals surface area contributed by atoms with Gasteiger partial charge in [-0.3, -0.25) is 0 Å². The van der Waals surface area contributed by atoms with E-state index in [2.05, 4.69) is 25.5 Å². The molecule has 2 atom stereocenters. The molecule has 1 fully saturated rings. The SMILES string of the molecule is CCCCC(C)(C)CCC[C@H]1CCC[C@@H]1CC/C=C(\O)C(O)=C(O)C(=O)OC. The van der Waals surface area contributed by atoms with Crippen molar-refractivity contribution in [3.63, 3.8) is 0 Å². The molecule has 0 heterocycles. The third kappa shape index (κ3) is 8.15. The van der Waals surface area contributed by atoms with Crippen molar-refractivity contribution in [3.05, 3.63) is 23.4 Å². The lowest BCUT2D eigenvalue weighted by Crippen LogP contribution is -2.13. The van der Waals surface area contributed by atoms with Crippen LogP contribution in [0.1, 0.15) is 91.4 Å². The predicted octanol–water partition coefficient (Wildman–Crippen LogP) is 6.51. The summed E-state index contributed by atoms with van der Waals surface area (Å²) >= 11 is 0. The quantitative estimate of drug-likeness (QED) is 0.151. The van der Waals surface area contributed by atoms with E-state index in [0.717, 1.165) is 19.4 Å². The first kappa shape index (κ1) is 24.4. The molecule has 0 unspecified atom stereocenters. The summed E-state index contributed by atoms with van der Waals surface area (Å²) in [5.74, 6) is -1.97. The van der Waals surface area contributed by atoms with Gasteiger partial charge in [0.1, 0.15) is 0 Å². The van der Waals surface area contributed by atoms with Crippen molar-refractivity contribution >= 4 is 5.97 Å². The zero-order chi connectivity index (χ0) is 21.2. The largest absolute Gasteiger partial charge is 0.504 e. The van der Waals surface area contributed by atoms with Gasteiger partial charge in [0.15, 0.2) is 5.76 Å². The van der Waals surface area contributed by atoms with Crippen molar-refractivity contribution in [2.45, 2.75) is 91.4 Å². The monoisotopic (exact) mass is 396 g/mol. The van der Waals surface area contributed by atoms with E-state index in [1.807, 2.05) is 0 Å². The topological polar surface area (TPSA) is 87.0 Å². The van der Waals surface area contributed by atoms with E-state index in [-0.39, 0.29) is 0 Å². The number of ether oxygens (including phenoxy) is 1. The maximum atomic E-state index is 11.2. The van der Waals surface area contributed by atoms with E-state index in [9.17, 15) is 20.1 Å². The third-order valence-electron chi connectivity index (χ3n) is 6.17. The van der Waals surface area contributed by atoms with E-state index in [1.54, 1.807) is 0 Å². The zero-order valence-corrected chi connectivity index (χ0v) is 18.2. The second kappa shape index (κ2) is 12.0. The Morgan fingerprint density at radius 2 is 1.64 bits per heavy atom. The molecule has 5 nitrogen and oxygen atoms in total. The van der Waals surface area contributed by atoms with Crippen LogP contribution in [-0.2, 0) is 9.53 Å². The highest BCUT2D eigenvalue weighted by molar-refractivity contribution is 5.86. The van der Waals surface area contributed by atoms with Gasteiger partial charge in [0.05, 0.1) is 7.11 Å². The number of carbonyl (C=O) groups is 1. The molecular formula is C23H40O5. The van der Waals surface area contributed by atoms with Gasteiger partial charge in [-0.2, -0.15) is 0 Å². The number of allylic oxidation sites excluding steroid dienone is 1. The summed E-state index contributed by atoms with van der Waals surface area (Å²) < 4.78 is 4.32. The number of aliphatic hydroxyl groups is 3. The summed E-state index contributed by atoms with van der Waals surface area (Å²) in [4.78, 5) is 11.2. The number of hydrogen-bond acceptors (Lipinski definition) is 5. The highest BCUT2D eigenvalue weighted by Crippen LogP contribution is 2.39. The smallest absolute Gasteiger partial charge is 0.377 e. The minimum Gasteiger partial charge on any atom is -0.504 e. The molecule has 1 aliphatic rings. The Balaban J connectivity index is 2.46. The molecule has 0 aromatic rings. The van der Waals surface area contributed by atoms with Gasteiger partial charge < -0.3 is 20.1 Å². The van der Waals surface area contributed by atoms with Crippen LogP contribution in [0.25, 0.3) is 0 Å². The van der Waals surface area contributed by atoms with Crippen LogP contribution in [0.2, 0.25) is 0 Å². The third-order valence-corrected chi connectivity index (χ3v) is 6.17. The van der Waals surface area contributed by atoms with Gasteiger partial charge >= 0.3 is 5.97 Å². The van der Waals surface area contributed by atoms with Crippen molar-refractivity contribution in [2.24, 2.45) is 17.3 Å². The number of esters is 1. The van der Waals surface area contributed by atoms with E-state index in [1.165, 1.54) is 63.9 Å². The maximum absolute atomic E-state index is 11.2. The summed E-state index contributed by atoms with van der Waals surface area (Å²) in [7, 11) is 1.09. The lowest BCUT2D eigenvalue weighted by atomic mass is 9.80. The molecule has 1 saturated carbocycles. The van der Waals surface area contributed by atoms with Crippen molar-refractivity contribution in [3.8, 4) is 0 Å². The average molecular weight is 397 g/mol. The van der Waals surface area contributed by atoms with E-state index in [0.29, 0.717) is 17.8 Å². The molecule has 0 saturated heterocycles. The first-order chi connectivity index (χ1) is 13.2. The van der Waals surface area contributed by atoms with Crippen LogP contribution in [-0.4, -0.2) is 28.4 Å². The molecule has 0 aliphatic heterocycles. The van der Waals surface area contributed by atoms with Crippen molar-refractivity contribution in [1.29, 1.82) is 0 Å². The van der Waals surface area contributed by atoms with Gasteiger partial charge in [-0.05, 0) is 49.0 Å². The lowest BCUT2D eigenvalue weighted by Gasteiger charge is -2.26. The van der Waals surface area contributed by atoms with Gasteiger partial charge in [0.25, 0.3) is 0 Å². The fraction of sp³-hybridized carbons (Fsp3) is 0.783. The molecule has 0 spiro atoms. The van der Waals surface area contributed by atoms with Crippen LogP contribution in [0, 0.1) is 17.3 Å². The van der Waals surface area contributed by atoms with Crippen molar-refractivity contribution in [1.82, 2.24) is 0 Å². The van der Waals surface area contributed by atoms with Gasteiger partial charge in [0, 0.05) is 0 Å². The number of methoxy groups -OCH3 is 1. The normalized spacial score (nSPS) is 21.5. The number of rotatable bonds is 12. The molecule has 0 amide bonds. The van der Waals surface area contributed by atoms with Crippen LogP contribution < -0.4 is 0 Å². The molecule has 162 valence electrons. The van der Waals surface area contributed by atoms with Crippen molar-refractivity contribution < 1.29 is 24.9 Å². The second-order valence-electron chi connectivity index (χ2n) is 8.97. The number of unbranched alkanes of at least 4 members (excludes halogenated alkanes) is 1. The predicted molar refractivity (Wildman–Crippen MR) is 112 cm³/mol. The van der Waals surface area contributed by atoms with E-state index < -0.39 is 23.2 Å². The summed E-state index contributed by atoms with van der Waals surface area (Å²) in [6.45, 7) is 7.01. The Morgan fingerprint density at radius 3 is 2.25 bits per heavy atom. The van der Waals surface area contributed by atoms with Crippen LogP contribution >= 0.6 is 0 Å². The van der Waals surface area contributed by atoms with Crippen LogP contribution in [0.15, 0.2) is 23.4 Å². The summed E-state index contributed by atoms with van der Waals surface area (Å²) in [6.07, 6.45) is 14.5. The van der Waals surface area contributed by atoms with E-state index >= 15 is 0 Å². The van der Waals surface area contributed by atoms with Crippen LogP contribution in [0.5, 0.6) is 0 Å². The Bertz CT molecular complexity index is 547. The minimum absolute atomic E-state index is 0.435. The highest BCUT2D eigenvalue weighted by atomic mass is 16.5. The number of aliphatic hydroxyl groups excluding tert-OH is 3. The molecule has 3 N–H and O–H groups in total. The molecule has 0 bridgehead atoms. The molecular weight excluding hydrogens is 356 g/mol. The summed E-state index contributed by atoms with van der Waals surface area (Å²) in [5.41, 5.74) is 0.435. The van der Waals surface area contributed by atoms with Gasteiger partial charge in [-0.15, -0.1) is 0 Å². The summed E-state index contributed by atoms with van der Waals surface area (Å²) in [5, 5.41) is 29.0. The van der Waals surface area contributed by atoms with Gasteiger partial charge in [0.2, 0.25) is 11.5 Å². The Kier molecular flexibility index (Phi) is 10.5. The molecule has 1 rings (SSSR count). The fourth-order valence-corrected chi connectivity index (χ4v) is 4.34. The van der Waals surface area contributed by atoms with Gasteiger partial charge in [-0.25, -0.2) is 4.79 Å². The molecule has 0 aromatic carbocycles. The first-order valence-corrected chi connectivity index (χ1v) is 10.8. The maximum Gasteiger partial charge on any atom is 0.377 e. The van der Waals surface area contributed by atoms with Gasteiger partial charge in [-0.1, -0.05) is 65.7 Å². The van der Waals surface area contributed by atoms with E-state index in [4.69, 9.17) is 0 Å². The van der Waals surface area contributed by atoms with Crippen molar-refractivity contribution in [2.75, 3.05) is 7.11 Å². The Labute approximate surface area is 170 Å². The van der Waals surface area contributed by atoms with Crippen LogP contribution in [0.4, 0.5) is 0 Å². The lowest BCUT2D eigenvalue weighted by molar-refractivity contribution is -0.139. The standard InChI is InChI=1S/C23H40O5/c1-5-6-15-23(2,3)16-9-13-18-11-7-10-17(18)12-8-14-19(24)20(25)21(26)22(27)28-4/h14,17-18,24-26H,5-13,15-16H2,1-4H3/b19-14-,21-20?/t17-,18-/m1/s1. The molecule has 1 aliphatic carbocycles. The minimum atomic E-state index is -1.07. The van der Waals surface area contributed by atoms with Crippen LogP contribution in [0.3, 0.4) is 0 Å². The molecule has 0 radical (unpaired) electrons. The summed E-state index contributed by atoms with van der Waals surface area (Å²) in [6, 6.07) is 0. The number of hydrogen-bond donors (Lipinski definition) is 3.